The van der Waals surface area contributed by atoms with Crippen LogP contribution in [-0.4, -0.2) is 47.6 Å². The Morgan fingerprint density at radius 3 is 2.33 bits per heavy atom. The van der Waals surface area contributed by atoms with Crippen molar-refractivity contribution in [2.75, 3.05) is 0 Å². The molecule has 0 spiro atoms. The lowest BCUT2D eigenvalue weighted by atomic mass is 10.1. The van der Waals surface area contributed by atoms with Crippen molar-refractivity contribution in [2.45, 2.75) is 6.54 Å². The molecule has 9 heteroatoms. The van der Waals surface area contributed by atoms with Gasteiger partial charge in [-0.3, -0.25) is 10.0 Å². The molecule has 3 aromatic rings. The van der Waals surface area contributed by atoms with E-state index in [4.69, 9.17) is 5.11 Å². The number of hydrogen-bond acceptors (Lipinski definition) is 7. The monoisotopic (exact) mass is 370 g/mol. The normalized spacial score (nSPS) is 10.7. The van der Waals surface area contributed by atoms with Gasteiger partial charge in [-0.05, 0) is 29.8 Å². The molecule has 0 aliphatic heterocycles. The first-order valence-electron chi connectivity index (χ1n) is 7.65. The minimum absolute atomic E-state index is 0.0866. The zero-order valence-electron chi connectivity index (χ0n) is 13.7. The molecule has 0 radical (unpaired) electrons. The van der Waals surface area contributed by atoms with E-state index in [1.165, 1.54) is 42.5 Å². The Labute approximate surface area is 151 Å². The van der Waals surface area contributed by atoms with Gasteiger partial charge in [0.2, 0.25) is 0 Å². The van der Waals surface area contributed by atoms with Crippen LogP contribution >= 0.6 is 0 Å². The minimum atomic E-state index is -1.34. The van der Waals surface area contributed by atoms with Gasteiger partial charge >= 0.3 is 5.97 Å². The number of fused-ring (bicyclic) bond motifs is 1. The number of carboxylic acids is 1. The third-order valence-corrected chi connectivity index (χ3v) is 3.89. The highest BCUT2D eigenvalue weighted by molar-refractivity contribution is 6.00. The molecule has 1 aromatic heterocycles. The van der Waals surface area contributed by atoms with Gasteiger partial charge in [0.1, 0.15) is 16.8 Å². The van der Waals surface area contributed by atoms with Crippen LogP contribution in [0.2, 0.25) is 0 Å². The molecule has 0 fully saturated rings. The van der Waals surface area contributed by atoms with E-state index in [1.807, 2.05) is 0 Å². The van der Waals surface area contributed by atoms with Gasteiger partial charge in [-0.25, -0.2) is 14.8 Å². The van der Waals surface area contributed by atoms with E-state index in [-0.39, 0.29) is 29.1 Å². The number of benzene rings is 2. The highest BCUT2D eigenvalue weighted by atomic mass is 16.5. The molecule has 2 aromatic carbocycles. The summed E-state index contributed by atoms with van der Waals surface area (Å²) in [5, 5.41) is 48.7. The maximum absolute atomic E-state index is 12.4. The van der Waals surface area contributed by atoms with Gasteiger partial charge in [0.25, 0.3) is 5.91 Å². The van der Waals surface area contributed by atoms with Gasteiger partial charge in [0.05, 0.1) is 6.54 Å². The summed E-state index contributed by atoms with van der Waals surface area (Å²) in [6.07, 6.45) is 0. The van der Waals surface area contributed by atoms with E-state index in [0.29, 0.717) is 16.0 Å². The summed E-state index contributed by atoms with van der Waals surface area (Å²) in [7, 11) is 0. The van der Waals surface area contributed by atoms with E-state index < -0.39 is 23.4 Å². The topological polar surface area (TPSA) is 151 Å². The van der Waals surface area contributed by atoms with Crippen LogP contribution in [0.25, 0.3) is 10.9 Å². The van der Waals surface area contributed by atoms with Crippen LogP contribution in [0, 0.1) is 0 Å². The lowest BCUT2D eigenvalue weighted by Gasteiger charge is -2.15. The summed E-state index contributed by atoms with van der Waals surface area (Å²) >= 11 is 0. The Bertz CT molecular complexity index is 1070. The molecule has 0 unspecified atom stereocenters. The number of rotatable bonds is 4. The predicted molar refractivity (Wildman–Crippen MR) is 91.8 cm³/mol. The second kappa shape index (κ2) is 6.81. The fourth-order valence-electron chi connectivity index (χ4n) is 2.51. The average Bonchev–Trinajstić information content (AvgIpc) is 2.64. The molecule has 0 saturated heterocycles. The highest BCUT2D eigenvalue weighted by Gasteiger charge is 2.19. The van der Waals surface area contributed by atoms with Crippen LogP contribution in [-0.2, 0) is 6.54 Å². The number of hydroxylamine groups is 2. The van der Waals surface area contributed by atoms with Gasteiger partial charge in [0.15, 0.2) is 17.2 Å². The summed E-state index contributed by atoms with van der Waals surface area (Å²) in [5.74, 6) is -3.56. The third kappa shape index (κ3) is 3.44. The van der Waals surface area contributed by atoms with Crippen LogP contribution < -0.4 is 0 Å². The van der Waals surface area contributed by atoms with Crippen molar-refractivity contribution < 1.29 is 35.2 Å². The van der Waals surface area contributed by atoms with E-state index in [2.05, 4.69) is 4.98 Å². The lowest BCUT2D eigenvalue weighted by molar-refractivity contribution is -0.0652. The molecule has 1 heterocycles. The smallest absolute Gasteiger partial charge is 0.339 e. The van der Waals surface area contributed by atoms with Crippen LogP contribution in [0.5, 0.6) is 17.2 Å². The standard InChI is InChI=1S/C18H14N2O7/c21-13-6-1-9(7-14(13)22)8-20(27)17(24)12-5-3-10-2-4-11(18(25)26)16(23)15(10)19-12/h1-7,21-23,27H,8H2,(H,25,26). The van der Waals surface area contributed by atoms with E-state index in [9.17, 15) is 30.1 Å². The van der Waals surface area contributed by atoms with Crippen molar-refractivity contribution in [3.63, 3.8) is 0 Å². The van der Waals surface area contributed by atoms with Crippen LogP contribution in [0.15, 0.2) is 42.5 Å². The number of amides is 1. The van der Waals surface area contributed by atoms with Crippen molar-refractivity contribution >= 4 is 22.8 Å². The second-order valence-corrected chi connectivity index (χ2v) is 5.72. The number of aromatic carboxylic acids is 1. The quantitative estimate of drug-likeness (QED) is 0.266. The predicted octanol–water partition coefficient (Wildman–Crippen LogP) is 2.08. The largest absolute Gasteiger partial charge is 0.505 e. The van der Waals surface area contributed by atoms with E-state index in [0.717, 1.165) is 0 Å². The van der Waals surface area contributed by atoms with Gasteiger partial charge < -0.3 is 20.4 Å². The van der Waals surface area contributed by atoms with Crippen LogP contribution in [0.4, 0.5) is 0 Å². The van der Waals surface area contributed by atoms with Crippen LogP contribution in [0.1, 0.15) is 26.4 Å². The first-order chi connectivity index (χ1) is 12.8. The number of phenolic OH excluding ortho intramolecular Hbond substituents is 2. The van der Waals surface area contributed by atoms with Crippen molar-refractivity contribution in [3.8, 4) is 17.2 Å². The number of phenols is 3. The van der Waals surface area contributed by atoms with E-state index in [1.54, 1.807) is 0 Å². The van der Waals surface area contributed by atoms with E-state index >= 15 is 0 Å². The summed E-state index contributed by atoms with van der Waals surface area (Å²) in [5.41, 5.74) is -0.319. The Morgan fingerprint density at radius 1 is 0.963 bits per heavy atom. The molecule has 0 aliphatic rings. The fraction of sp³-hybridized carbons (Fsp3) is 0.0556. The number of carbonyl (C=O) groups is 2. The first kappa shape index (κ1) is 18.0. The SMILES string of the molecule is O=C(O)c1ccc2ccc(C(=O)N(O)Cc3ccc(O)c(O)c3)nc2c1O. The van der Waals surface area contributed by atoms with Crippen LogP contribution in [0.3, 0.4) is 0 Å². The number of hydrogen-bond donors (Lipinski definition) is 5. The van der Waals surface area contributed by atoms with Gasteiger partial charge in [0, 0.05) is 5.39 Å². The Balaban J connectivity index is 1.91. The van der Waals surface area contributed by atoms with Crippen molar-refractivity contribution in [2.24, 2.45) is 0 Å². The second-order valence-electron chi connectivity index (χ2n) is 5.72. The molecule has 27 heavy (non-hydrogen) atoms. The number of aromatic hydroxyl groups is 3. The number of aromatic nitrogens is 1. The Kier molecular flexibility index (Phi) is 4.53. The van der Waals surface area contributed by atoms with Crippen molar-refractivity contribution in [1.29, 1.82) is 0 Å². The molecule has 0 saturated carbocycles. The molecule has 1 amide bonds. The zero-order chi connectivity index (χ0) is 19.7. The molecule has 0 aliphatic carbocycles. The van der Waals surface area contributed by atoms with Gasteiger partial charge in [-0.15, -0.1) is 0 Å². The van der Waals surface area contributed by atoms with Crippen molar-refractivity contribution in [3.05, 3.63) is 59.3 Å². The Hall–Kier alpha value is -3.85. The third-order valence-electron chi connectivity index (χ3n) is 3.89. The number of carbonyl (C=O) groups excluding carboxylic acids is 1. The Morgan fingerprint density at radius 2 is 1.67 bits per heavy atom. The number of nitrogens with zero attached hydrogens (tertiary/aromatic N) is 2. The highest BCUT2D eigenvalue weighted by Crippen LogP contribution is 2.28. The summed E-state index contributed by atoms with van der Waals surface area (Å²) in [4.78, 5) is 27.4. The average molecular weight is 370 g/mol. The van der Waals surface area contributed by atoms with Crippen molar-refractivity contribution in [1.82, 2.24) is 10.0 Å². The first-order valence-corrected chi connectivity index (χ1v) is 7.65. The summed E-state index contributed by atoms with van der Waals surface area (Å²) in [6, 6.07) is 9.25. The number of pyridine rings is 1. The molecular formula is C18H14N2O7. The van der Waals surface area contributed by atoms with Gasteiger partial charge in [-0.1, -0.05) is 18.2 Å². The van der Waals surface area contributed by atoms with Gasteiger partial charge in [-0.2, -0.15) is 0 Å². The minimum Gasteiger partial charge on any atom is -0.505 e. The maximum atomic E-state index is 12.4. The molecule has 9 nitrogen and oxygen atoms in total. The zero-order valence-corrected chi connectivity index (χ0v) is 13.7. The summed E-state index contributed by atoms with van der Waals surface area (Å²) in [6.45, 7) is -0.298. The molecule has 5 N–H and O–H groups in total. The molecule has 3 rings (SSSR count). The summed E-state index contributed by atoms with van der Waals surface area (Å²) < 4.78 is 0. The molecular weight excluding hydrogens is 356 g/mol. The number of carboxylic acid groups (broad SMARTS) is 1. The molecule has 0 atom stereocenters. The molecule has 0 bridgehead atoms. The molecule has 138 valence electrons. The fourth-order valence-corrected chi connectivity index (χ4v) is 2.51. The maximum Gasteiger partial charge on any atom is 0.339 e. The lowest BCUT2D eigenvalue weighted by Crippen LogP contribution is -2.27.